The van der Waals surface area contributed by atoms with E-state index in [1.54, 1.807) is 14.2 Å². The zero-order chi connectivity index (χ0) is 26.5. The van der Waals surface area contributed by atoms with Crippen LogP contribution in [0.5, 0.6) is 23.0 Å². The second-order valence-corrected chi connectivity index (χ2v) is 8.93. The Kier molecular flexibility index (Phi) is 7.59. The summed E-state index contributed by atoms with van der Waals surface area (Å²) in [5, 5.41) is 15.2. The van der Waals surface area contributed by atoms with Crippen LogP contribution >= 0.6 is 0 Å². The van der Waals surface area contributed by atoms with Crippen molar-refractivity contribution in [2.75, 3.05) is 64.0 Å². The summed E-state index contributed by atoms with van der Waals surface area (Å²) >= 11 is 0. The van der Waals surface area contributed by atoms with Crippen molar-refractivity contribution in [3.8, 4) is 23.0 Å². The minimum Gasteiger partial charge on any atom is -0.493 e. The van der Waals surface area contributed by atoms with Crippen LogP contribution in [0.2, 0.25) is 0 Å². The predicted octanol–water partition coefficient (Wildman–Crippen LogP) is 3.11. The highest BCUT2D eigenvalue weighted by Gasteiger charge is 2.29. The van der Waals surface area contributed by atoms with Gasteiger partial charge in [-0.25, -0.2) is 9.97 Å². The van der Waals surface area contributed by atoms with Crippen LogP contribution in [0.3, 0.4) is 0 Å². The summed E-state index contributed by atoms with van der Waals surface area (Å²) in [6, 6.07) is 11.6. The highest BCUT2D eigenvalue weighted by molar-refractivity contribution is 5.70. The van der Waals surface area contributed by atoms with Crippen LogP contribution in [0.4, 0.5) is 17.3 Å². The maximum atomic E-state index is 12.1. The topological polar surface area (TPSA) is 124 Å². The van der Waals surface area contributed by atoms with Crippen LogP contribution in [0.15, 0.2) is 42.7 Å². The Bertz CT molecular complexity index is 1300. The van der Waals surface area contributed by atoms with E-state index in [0.717, 1.165) is 42.3 Å². The molecule has 12 nitrogen and oxygen atoms in total. The lowest BCUT2D eigenvalue weighted by atomic mass is 10.1. The molecule has 0 atom stereocenters. The van der Waals surface area contributed by atoms with E-state index in [0.29, 0.717) is 43.4 Å². The normalized spacial score (nSPS) is 14.8. The maximum absolute atomic E-state index is 12.1. The largest absolute Gasteiger partial charge is 0.493 e. The molecule has 12 heteroatoms. The second kappa shape index (κ2) is 11.4. The molecule has 3 heterocycles. The molecule has 2 aromatic carbocycles. The maximum Gasteiger partial charge on any atom is 0.353 e. The van der Waals surface area contributed by atoms with Crippen LogP contribution in [0.1, 0.15) is 11.1 Å². The lowest BCUT2D eigenvalue weighted by molar-refractivity contribution is -0.383. The molecule has 0 radical (unpaired) electrons. The summed E-state index contributed by atoms with van der Waals surface area (Å²) < 4.78 is 21.7. The highest BCUT2D eigenvalue weighted by Crippen LogP contribution is 2.35. The molecule has 3 aromatic rings. The number of nitro groups is 1. The first-order valence-corrected chi connectivity index (χ1v) is 12.4. The fourth-order valence-electron chi connectivity index (χ4n) is 4.78. The number of ether oxygens (including phenoxy) is 4. The van der Waals surface area contributed by atoms with Gasteiger partial charge in [0.1, 0.15) is 6.33 Å². The fourth-order valence-corrected chi connectivity index (χ4v) is 4.78. The van der Waals surface area contributed by atoms with Crippen molar-refractivity contribution in [3.63, 3.8) is 0 Å². The summed E-state index contributed by atoms with van der Waals surface area (Å²) in [5.41, 5.74) is 1.94. The molecule has 38 heavy (non-hydrogen) atoms. The van der Waals surface area contributed by atoms with Crippen LogP contribution in [0.25, 0.3) is 0 Å². The van der Waals surface area contributed by atoms with Gasteiger partial charge in [-0.3, -0.25) is 15.0 Å². The number of fused-ring (bicyclic) bond motifs is 1. The second-order valence-electron chi connectivity index (χ2n) is 8.93. The number of methoxy groups -OCH3 is 2. The van der Waals surface area contributed by atoms with Crippen LogP contribution in [0, 0.1) is 10.1 Å². The van der Waals surface area contributed by atoms with Crippen molar-refractivity contribution in [3.05, 3.63) is 64.0 Å². The van der Waals surface area contributed by atoms with Crippen molar-refractivity contribution in [2.24, 2.45) is 0 Å². The summed E-state index contributed by atoms with van der Waals surface area (Å²) in [7, 11) is 3.17. The van der Waals surface area contributed by atoms with Gasteiger partial charge in [0.15, 0.2) is 23.0 Å². The van der Waals surface area contributed by atoms with E-state index in [1.165, 1.54) is 6.33 Å². The van der Waals surface area contributed by atoms with Crippen molar-refractivity contribution < 1.29 is 23.9 Å². The first kappa shape index (κ1) is 25.3. The highest BCUT2D eigenvalue weighted by atomic mass is 16.7. The van der Waals surface area contributed by atoms with Gasteiger partial charge < -0.3 is 29.2 Å². The number of hydrogen-bond acceptors (Lipinski definition) is 11. The first-order chi connectivity index (χ1) is 18.6. The molecule has 0 aliphatic carbocycles. The lowest BCUT2D eigenvalue weighted by Gasteiger charge is -2.35. The standard InChI is InChI=1S/C26H30N6O6/c1-35-21-5-3-4-19(24(21)36-2)8-9-27-25-23(32(33)34)26(29-16-28-25)31-12-10-30(11-13-31)15-18-6-7-20-22(14-18)38-17-37-20/h3-7,14,16H,8-13,15,17H2,1-2H3,(H,27,28,29). The van der Waals surface area contributed by atoms with Crippen molar-refractivity contribution in [2.45, 2.75) is 13.0 Å². The van der Waals surface area contributed by atoms with Gasteiger partial charge in [-0.15, -0.1) is 0 Å². The Balaban J connectivity index is 1.23. The zero-order valence-electron chi connectivity index (χ0n) is 21.4. The summed E-state index contributed by atoms with van der Waals surface area (Å²) in [6.45, 7) is 4.15. The molecular formula is C26H30N6O6. The monoisotopic (exact) mass is 522 g/mol. The molecule has 1 fully saturated rings. The average Bonchev–Trinajstić information content (AvgIpc) is 3.41. The Hall–Kier alpha value is -4.32. The number of hydrogen-bond donors (Lipinski definition) is 1. The first-order valence-electron chi connectivity index (χ1n) is 12.4. The van der Waals surface area contributed by atoms with Crippen LogP contribution in [-0.2, 0) is 13.0 Å². The smallest absolute Gasteiger partial charge is 0.353 e. The number of piperazine rings is 1. The molecule has 1 aromatic heterocycles. The Morgan fingerprint density at radius 2 is 1.87 bits per heavy atom. The predicted molar refractivity (Wildman–Crippen MR) is 140 cm³/mol. The number of anilines is 2. The van der Waals surface area contributed by atoms with Gasteiger partial charge in [0, 0.05) is 39.3 Å². The van der Waals surface area contributed by atoms with E-state index < -0.39 is 4.92 Å². The van der Waals surface area contributed by atoms with Crippen LogP contribution < -0.4 is 29.2 Å². The number of para-hydroxylation sites is 1. The summed E-state index contributed by atoms with van der Waals surface area (Å²) in [6.07, 6.45) is 1.94. The van der Waals surface area contributed by atoms with Gasteiger partial charge in [0.2, 0.25) is 18.4 Å². The number of nitrogens with one attached hydrogen (secondary N) is 1. The number of aromatic nitrogens is 2. The SMILES string of the molecule is COc1cccc(CCNc2ncnc(N3CCN(Cc4ccc5c(c4)OCO5)CC3)c2[N+](=O)[O-])c1OC. The van der Waals surface area contributed by atoms with Crippen LogP contribution in [-0.4, -0.2) is 73.5 Å². The third kappa shape index (κ3) is 5.35. The van der Waals surface area contributed by atoms with E-state index in [4.69, 9.17) is 18.9 Å². The fraction of sp³-hybridized carbons (Fsp3) is 0.385. The van der Waals surface area contributed by atoms with Gasteiger partial charge in [-0.1, -0.05) is 18.2 Å². The minimum absolute atomic E-state index is 0.116. The Labute approximate surface area is 220 Å². The Morgan fingerprint density at radius 1 is 1.05 bits per heavy atom. The summed E-state index contributed by atoms with van der Waals surface area (Å²) in [5.74, 6) is 3.34. The van der Waals surface area contributed by atoms with E-state index >= 15 is 0 Å². The lowest BCUT2D eigenvalue weighted by Crippen LogP contribution is -2.46. The molecule has 0 bridgehead atoms. The number of nitrogens with zero attached hydrogens (tertiary/aromatic N) is 5. The van der Waals surface area contributed by atoms with Gasteiger partial charge in [0.25, 0.3) is 0 Å². The van der Waals surface area contributed by atoms with Crippen molar-refractivity contribution >= 4 is 17.3 Å². The molecule has 1 saturated heterocycles. The Morgan fingerprint density at radius 3 is 2.63 bits per heavy atom. The molecule has 1 N–H and O–H groups in total. The van der Waals surface area contributed by atoms with E-state index in [-0.39, 0.29) is 18.3 Å². The van der Waals surface area contributed by atoms with Gasteiger partial charge in [-0.2, -0.15) is 0 Å². The summed E-state index contributed by atoms with van der Waals surface area (Å²) in [4.78, 5) is 24.4. The van der Waals surface area contributed by atoms with Gasteiger partial charge >= 0.3 is 5.69 Å². The van der Waals surface area contributed by atoms with E-state index in [2.05, 4.69) is 20.2 Å². The molecule has 200 valence electrons. The third-order valence-corrected chi connectivity index (χ3v) is 6.67. The van der Waals surface area contributed by atoms with Crippen molar-refractivity contribution in [1.82, 2.24) is 14.9 Å². The zero-order valence-corrected chi connectivity index (χ0v) is 21.4. The third-order valence-electron chi connectivity index (χ3n) is 6.67. The minimum atomic E-state index is -0.414. The molecule has 0 amide bonds. The molecule has 0 spiro atoms. The van der Waals surface area contributed by atoms with Gasteiger partial charge in [-0.05, 0) is 35.7 Å². The average molecular weight is 523 g/mol. The molecular weight excluding hydrogens is 492 g/mol. The van der Waals surface area contributed by atoms with E-state index in [1.807, 2.05) is 41.3 Å². The molecule has 2 aliphatic rings. The molecule has 2 aliphatic heterocycles. The number of benzene rings is 2. The number of rotatable bonds is 10. The van der Waals surface area contributed by atoms with Crippen molar-refractivity contribution in [1.29, 1.82) is 0 Å². The molecule has 5 rings (SSSR count). The molecule has 0 unspecified atom stereocenters. The molecule has 0 saturated carbocycles. The van der Waals surface area contributed by atoms with Gasteiger partial charge in [0.05, 0.1) is 19.1 Å². The quantitative estimate of drug-likeness (QED) is 0.312. The van der Waals surface area contributed by atoms with E-state index in [9.17, 15) is 10.1 Å².